The van der Waals surface area contributed by atoms with Gasteiger partial charge in [-0.1, -0.05) is 26.7 Å². The summed E-state index contributed by atoms with van der Waals surface area (Å²) in [5, 5.41) is 12.4. The molecule has 0 unspecified atom stereocenters. The van der Waals surface area contributed by atoms with Gasteiger partial charge in [-0.2, -0.15) is 5.10 Å². The van der Waals surface area contributed by atoms with Gasteiger partial charge in [0.05, 0.1) is 19.2 Å². The summed E-state index contributed by atoms with van der Waals surface area (Å²) in [4.78, 5) is 10.5. The van der Waals surface area contributed by atoms with Crippen molar-refractivity contribution >= 4 is 16.0 Å². The van der Waals surface area contributed by atoms with Crippen LogP contribution in [0.4, 0.5) is 0 Å². The molecule has 1 rings (SSSR count). The third-order valence-corrected chi connectivity index (χ3v) is 4.57. The van der Waals surface area contributed by atoms with E-state index in [2.05, 4.69) is 9.82 Å². The van der Waals surface area contributed by atoms with Gasteiger partial charge in [0.15, 0.2) is 0 Å². The fourth-order valence-corrected chi connectivity index (χ4v) is 2.77. The van der Waals surface area contributed by atoms with E-state index >= 15 is 0 Å². The number of carbonyl (C=O) groups is 1. The Kier molecular flexibility index (Phi) is 6.15. The second-order valence-corrected chi connectivity index (χ2v) is 6.38. The molecule has 1 aromatic heterocycles. The zero-order valence-corrected chi connectivity index (χ0v) is 12.6. The average Bonchev–Trinajstić information content (AvgIpc) is 2.87. The Morgan fingerprint density at radius 2 is 2.10 bits per heavy atom. The highest BCUT2D eigenvalue weighted by Gasteiger charge is 2.17. The largest absolute Gasteiger partial charge is 0.481 e. The molecule has 114 valence electrons. The lowest BCUT2D eigenvalue weighted by Gasteiger charge is -2.12. The molecule has 0 fully saturated rings. The molecule has 1 aromatic rings. The molecule has 0 spiro atoms. The van der Waals surface area contributed by atoms with Gasteiger partial charge in [0.1, 0.15) is 4.90 Å². The first-order valence-electron chi connectivity index (χ1n) is 6.63. The van der Waals surface area contributed by atoms with E-state index in [9.17, 15) is 13.2 Å². The minimum Gasteiger partial charge on any atom is -0.481 e. The van der Waals surface area contributed by atoms with Gasteiger partial charge in [0.2, 0.25) is 10.0 Å². The summed E-state index contributed by atoms with van der Waals surface area (Å²) in [6, 6.07) is 0. The third kappa shape index (κ3) is 4.93. The average molecular weight is 303 g/mol. The van der Waals surface area contributed by atoms with Crippen molar-refractivity contribution in [2.24, 2.45) is 5.92 Å². The topological polar surface area (TPSA) is 101 Å². The monoisotopic (exact) mass is 303 g/mol. The smallest absolute Gasteiger partial charge is 0.305 e. The summed E-state index contributed by atoms with van der Waals surface area (Å²) in [5.74, 6) is -0.636. The maximum Gasteiger partial charge on any atom is 0.305 e. The number of aromatic nitrogens is 2. The van der Waals surface area contributed by atoms with Gasteiger partial charge < -0.3 is 5.11 Å². The number of carboxylic acid groups (broad SMARTS) is 1. The lowest BCUT2D eigenvalue weighted by Crippen LogP contribution is -2.28. The van der Waals surface area contributed by atoms with E-state index in [0.29, 0.717) is 12.5 Å². The summed E-state index contributed by atoms with van der Waals surface area (Å²) in [6.07, 6.45) is 4.31. The number of rotatable bonds is 9. The summed E-state index contributed by atoms with van der Waals surface area (Å²) < 4.78 is 28.0. The van der Waals surface area contributed by atoms with Crippen molar-refractivity contribution in [2.75, 3.05) is 6.54 Å². The molecule has 0 aliphatic carbocycles. The molecule has 0 aromatic carbocycles. The number of nitrogens with one attached hydrogen (secondary N) is 1. The molecule has 1 heterocycles. The van der Waals surface area contributed by atoms with Crippen molar-refractivity contribution in [3.05, 3.63) is 12.4 Å². The number of aliphatic carboxylic acids is 1. The Hall–Kier alpha value is -1.41. The molecule has 0 amide bonds. The fraction of sp³-hybridized carbons (Fsp3) is 0.667. The van der Waals surface area contributed by atoms with Crippen LogP contribution in [-0.2, 0) is 21.4 Å². The highest BCUT2D eigenvalue weighted by Crippen LogP contribution is 2.10. The normalized spacial score (nSPS) is 11.9. The van der Waals surface area contributed by atoms with E-state index in [1.165, 1.54) is 17.1 Å². The van der Waals surface area contributed by atoms with Crippen molar-refractivity contribution in [1.29, 1.82) is 0 Å². The first-order chi connectivity index (χ1) is 9.39. The van der Waals surface area contributed by atoms with Gasteiger partial charge in [-0.05, 0) is 5.92 Å². The second kappa shape index (κ2) is 7.39. The predicted octanol–water partition coefficient (Wildman–Crippen LogP) is 1.07. The molecule has 0 atom stereocenters. The summed E-state index contributed by atoms with van der Waals surface area (Å²) >= 11 is 0. The summed E-state index contributed by atoms with van der Waals surface area (Å²) in [6.45, 7) is 4.59. The Labute approximate surface area is 119 Å². The minimum absolute atomic E-state index is 0.0637. The molecule has 0 saturated carbocycles. The van der Waals surface area contributed by atoms with Gasteiger partial charge >= 0.3 is 5.97 Å². The quantitative estimate of drug-likeness (QED) is 0.710. The van der Waals surface area contributed by atoms with Crippen LogP contribution in [0.25, 0.3) is 0 Å². The molecule has 2 N–H and O–H groups in total. The summed E-state index contributed by atoms with van der Waals surface area (Å²) in [5.41, 5.74) is 0. The molecular formula is C12H21N3O4S. The van der Waals surface area contributed by atoms with Gasteiger partial charge in [0, 0.05) is 12.7 Å². The Bertz CT molecular complexity index is 535. The van der Waals surface area contributed by atoms with E-state index < -0.39 is 16.0 Å². The molecule has 0 radical (unpaired) electrons. The van der Waals surface area contributed by atoms with Crippen LogP contribution in [0.3, 0.4) is 0 Å². The first-order valence-corrected chi connectivity index (χ1v) is 8.11. The number of aryl methyl sites for hydroxylation is 1. The Morgan fingerprint density at radius 1 is 1.45 bits per heavy atom. The molecule has 8 heteroatoms. The molecule has 0 bridgehead atoms. The van der Waals surface area contributed by atoms with Crippen LogP contribution in [-0.4, -0.2) is 35.8 Å². The standard InChI is InChI=1S/C12H21N3O4S/c1-3-10(4-2)7-14-20(18,19)11-8-13-15(9-11)6-5-12(16)17/h8-10,14H,3-7H2,1-2H3,(H,16,17). The van der Waals surface area contributed by atoms with Crippen LogP contribution in [0.2, 0.25) is 0 Å². The van der Waals surface area contributed by atoms with Gasteiger partial charge in [0.25, 0.3) is 0 Å². The number of carboxylic acids is 1. The first kappa shape index (κ1) is 16.6. The number of nitrogens with zero attached hydrogens (tertiary/aromatic N) is 2. The molecule has 0 aliphatic rings. The van der Waals surface area contributed by atoms with Crippen molar-refractivity contribution in [3.8, 4) is 0 Å². The van der Waals surface area contributed by atoms with Crippen molar-refractivity contribution in [3.63, 3.8) is 0 Å². The SMILES string of the molecule is CCC(CC)CNS(=O)(=O)c1cnn(CCC(=O)O)c1. The van der Waals surface area contributed by atoms with Crippen LogP contribution in [0.15, 0.2) is 17.3 Å². The van der Waals surface area contributed by atoms with Crippen LogP contribution in [0.1, 0.15) is 33.1 Å². The van der Waals surface area contributed by atoms with Gasteiger partial charge in [-0.3, -0.25) is 9.48 Å². The van der Waals surface area contributed by atoms with Crippen molar-refractivity contribution in [1.82, 2.24) is 14.5 Å². The van der Waals surface area contributed by atoms with Crippen molar-refractivity contribution in [2.45, 2.75) is 44.6 Å². The Morgan fingerprint density at radius 3 is 2.65 bits per heavy atom. The molecular weight excluding hydrogens is 282 g/mol. The highest BCUT2D eigenvalue weighted by molar-refractivity contribution is 7.89. The predicted molar refractivity (Wildman–Crippen MR) is 73.7 cm³/mol. The zero-order chi connectivity index (χ0) is 15.2. The highest BCUT2D eigenvalue weighted by atomic mass is 32.2. The van der Waals surface area contributed by atoms with Gasteiger partial charge in [-0.15, -0.1) is 0 Å². The molecule has 7 nitrogen and oxygen atoms in total. The minimum atomic E-state index is -3.57. The van der Waals surface area contributed by atoms with E-state index in [0.717, 1.165) is 12.8 Å². The lowest BCUT2D eigenvalue weighted by molar-refractivity contribution is -0.137. The third-order valence-electron chi connectivity index (χ3n) is 3.19. The molecule has 0 aliphatic heterocycles. The fourth-order valence-electron chi connectivity index (χ4n) is 1.70. The molecule has 0 saturated heterocycles. The van der Waals surface area contributed by atoms with E-state index in [-0.39, 0.29) is 17.9 Å². The van der Waals surface area contributed by atoms with E-state index in [1.807, 2.05) is 13.8 Å². The van der Waals surface area contributed by atoms with E-state index in [1.54, 1.807) is 0 Å². The van der Waals surface area contributed by atoms with E-state index in [4.69, 9.17) is 5.11 Å². The number of hydrogen-bond acceptors (Lipinski definition) is 4. The van der Waals surface area contributed by atoms with Crippen molar-refractivity contribution < 1.29 is 18.3 Å². The maximum absolute atomic E-state index is 12.0. The number of hydrogen-bond donors (Lipinski definition) is 2. The van der Waals surface area contributed by atoms with Gasteiger partial charge in [-0.25, -0.2) is 13.1 Å². The van der Waals surface area contributed by atoms with Crippen LogP contribution >= 0.6 is 0 Å². The van der Waals surface area contributed by atoms with Crippen LogP contribution < -0.4 is 4.72 Å². The van der Waals surface area contributed by atoms with Crippen LogP contribution in [0, 0.1) is 5.92 Å². The zero-order valence-electron chi connectivity index (χ0n) is 11.7. The summed E-state index contributed by atoms with van der Waals surface area (Å²) in [7, 11) is -3.57. The molecule has 20 heavy (non-hydrogen) atoms. The second-order valence-electron chi connectivity index (χ2n) is 4.62. The lowest BCUT2D eigenvalue weighted by atomic mass is 10.0. The maximum atomic E-state index is 12.0. The van der Waals surface area contributed by atoms with Crippen LogP contribution in [0.5, 0.6) is 0 Å². The number of sulfonamides is 1. The Balaban J connectivity index is 2.66.